The third kappa shape index (κ3) is 4.74. The van der Waals surface area contributed by atoms with Crippen LogP contribution in [-0.2, 0) is 26.6 Å². The van der Waals surface area contributed by atoms with Gasteiger partial charge in [-0.2, -0.15) is 0 Å². The van der Waals surface area contributed by atoms with E-state index in [-0.39, 0.29) is 11.2 Å². The van der Waals surface area contributed by atoms with Gasteiger partial charge in [0.15, 0.2) is 11.2 Å². The molecule has 1 fully saturated rings. The highest BCUT2D eigenvalue weighted by molar-refractivity contribution is 5.69. The van der Waals surface area contributed by atoms with Crippen molar-refractivity contribution in [1.29, 1.82) is 0 Å². The summed E-state index contributed by atoms with van der Waals surface area (Å²) in [4.78, 5) is 29.9. The summed E-state index contributed by atoms with van der Waals surface area (Å²) in [6.07, 6.45) is 8.88. The van der Waals surface area contributed by atoms with Crippen LogP contribution in [-0.4, -0.2) is 23.8 Å². The van der Waals surface area contributed by atoms with Crippen LogP contribution in [0.2, 0.25) is 0 Å². The van der Waals surface area contributed by atoms with Crippen molar-refractivity contribution in [2.24, 2.45) is 13.0 Å². The summed E-state index contributed by atoms with van der Waals surface area (Å²) < 4.78 is 9.95. The molecular weight excluding hydrogens is 382 g/mol. The van der Waals surface area contributed by atoms with Gasteiger partial charge in [-0.1, -0.05) is 31.8 Å². The number of aryl methyl sites for hydroxylation is 3. The molecule has 30 heavy (non-hydrogen) atoms. The third-order valence-electron chi connectivity index (χ3n) is 5.51. The minimum Gasteiger partial charge on any atom is -0.361 e. The highest BCUT2D eigenvalue weighted by Gasteiger charge is 2.21. The average molecular weight is 416 g/mol. The lowest BCUT2D eigenvalue weighted by Crippen LogP contribution is -2.40. The molecule has 4 rings (SSSR count). The first kappa shape index (κ1) is 22.1. The van der Waals surface area contributed by atoms with Crippen molar-refractivity contribution in [3.8, 4) is 0 Å². The van der Waals surface area contributed by atoms with Crippen LogP contribution in [0.25, 0.3) is 11.2 Å². The van der Waals surface area contributed by atoms with E-state index in [0.29, 0.717) is 23.6 Å². The normalized spacial score (nSPS) is 13.9. The Morgan fingerprint density at radius 3 is 2.53 bits per heavy atom. The SMILES string of the molecule is CCC.Cc1cc(CCCCn2c(=O)c3c(ncn3CC3CCC3)n(C)c2=O)on1. The van der Waals surface area contributed by atoms with Crippen LogP contribution in [0.4, 0.5) is 0 Å². The molecule has 0 atom stereocenters. The van der Waals surface area contributed by atoms with E-state index in [9.17, 15) is 9.59 Å². The number of nitrogens with zero attached hydrogens (tertiary/aromatic N) is 5. The van der Waals surface area contributed by atoms with Gasteiger partial charge in [-0.05, 0) is 38.5 Å². The number of hydrogen-bond acceptors (Lipinski definition) is 5. The molecule has 164 valence electrons. The van der Waals surface area contributed by atoms with Gasteiger partial charge >= 0.3 is 5.69 Å². The van der Waals surface area contributed by atoms with Crippen molar-refractivity contribution in [3.63, 3.8) is 0 Å². The molecule has 3 aromatic rings. The third-order valence-corrected chi connectivity index (χ3v) is 5.51. The van der Waals surface area contributed by atoms with E-state index in [1.165, 1.54) is 34.8 Å². The second-order valence-corrected chi connectivity index (χ2v) is 8.26. The predicted octanol–water partition coefficient (Wildman–Crippen LogP) is 3.43. The largest absolute Gasteiger partial charge is 0.361 e. The monoisotopic (exact) mass is 415 g/mol. The molecule has 0 radical (unpaired) electrons. The molecule has 0 aliphatic heterocycles. The Hall–Kier alpha value is -2.64. The van der Waals surface area contributed by atoms with Gasteiger partial charge in [0.05, 0.1) is 12.0 Å². The van der Waals surface area contributed by atoms with Crippen molar-refractivity contribution >= 4 is 11.2 Å². The quantitative estimate of drug-likeness (QED) is 0.552. The Kier molecular flexibility index (Phi) is 7.29. The molecule has 8 heteroatoms. The fourth-order valence-electron chi connectivity index (χ4n) is 3.71. The van der Waals surface area contributed by atoms with E-state index in [1.807, 2.05) is 17.6 Å². The number of rotatable bonds is 7. The van der Waals surface area contributed by atoms with Crippen LogP contribution in [0.1, 0.15) is 63.8 Å². The molecule has 0 amide bonds. The lowest BCUT2D eigenvalue weighted by atomic mass is 9.85. The first-order chi connectivity index (χ1) is 14.5. The zero-order valence-corrected chi connectivity index (χ0v) is 18.6. The minimum atomic E-state index is -0.308. The van der Waals surface area contributed by atoms with Gasteiger partial charge in [-0.3, -0.25) is 13.9 Å². The van der Waals surface area contributed by atoms with E-state index in [0.717, 1.165) is 37.3 Å². The Labute approximate surface area is 176 Å². The molecule has 1 aliphatic rings. The topological polar surface area (TPSA) is 87.9 Å². The van der Waals surface area contributed by atoms with Gasteiger partial charge in [0.2, 0.25) is 0 Å². The van der Waals surface area contributed by atoms with Crippen molar-refractivity contribution in [1.82, 2.24) is 23.8 Å². The second kappa shape index (κ2) is 9.91. The fourth-order valence-corrected chi connectivity index (χ4v) is 3.71. The van der Waals surface area contributed by atoms with Crippen LogP contribution in [0.15, 0.2) is 26.5 Å². The van der Waals surface area contributed by atoms with Crippen molar-refractivity contribution in [2.75, 3.05) is 0 Å². The van der Waals surface area contributed by atoms with Gasteiger partial charge in [0, 0.05) is 32.6 Å². The zero-order chi connectivity index (χ0) is 21.7. The number of hydrogen-bond donors (Lipinski definition) is 0. The molecule has 0 bridgehead atoms. The van der Waals surface area contributed by atoms with Crippen LogP contribution in [0.5, 0.6) is 0 Å². The summed E-state index contributed by atoms with van der Waals surface area (Å²) in [6.45, 7) is 7.33. The van der Waals surface area contributed by atoms with E-state index >= 15 is 0 Å². The summed E-state index contributed by atoms with van der Waals surface area (Å²) in [7, 11) is 1.68. The first-order valence-electron chi connectivity index (χ1n) is 11.0. The van der Waals surface area contributed by atoms with Gasteiger partial charge in [0.1, 0.15) is 5.76 Å². The van der Waals surface area contributed by atoms with Gasteiger partial charge in [0.25, 0.3) is 5.56 Å². The molecule has 0 saturated heterocycles. The Balaban J connectivity index is 0.000000806. The average Bonchev–Trinajstić information content (AvgIpc) is 3.29. The Bertz CT molecular complexity index is 1080. The van der Waals surface area contributed by atoms with Crippen LogP contribution < -0.4 is 11.2 Å². The standard InChI is InChI=1S/C19H25N5O3.C3H8/c1-13-10-15(27-21-13)8-3-4-9-24-18(25)16-17(22(2)19(24)26)20-12-23(16)11-14-6-5-7-14;1-3-2/h10,12,14H,3-9,11H2,1-2H3;3H2,1-2H3. The summed E-state index contributed by atoms with van der Waals surface area (Å²) in [5, 5.41) is 3.87. The van der Waals surface area contributed by atoms with Crippen molar-refractivity contribution in [2.45, 2.75) is 78.8 Å². The smallest absolute Gasteiger partial charge is 0.332 e. The van der Waals surface area contributed by atoms with E-state index in [1.54, 1.807) is 13.4 Å². The maximum absolute atomic E-state index is 13.0. The van der Waals surface area contributed by atoms with Crippen molar-refractivity contribution in [3.05, 3.63) is 44.7 Å². The second-order valence-electron chi connectivity index (χ2n) is 8.26. The maximum Gasteiger partial charge on any atom is 0.332 e. The van der Waals surface area contributed by atoms with Crippen LogP contribution in [0.3, 0.4) is 0 Å². The van der Waals surface area contributed by atoms with Crippen molar-refractivity contribution < 1.29 is 4.52 Å². The lowest BCUT2D eigenvalue weighted by Gasteiger charge is -2.25. The fraction of sp³-hybridized carbons (Fsp3) is 0.636. The van der Waals surface area contributed by atoms with Crippen LogP contribution in [0, 0.1) is 12.8 Å². The molecule has 0 unspecified atom stereocenters. The molecule has 3 heterocycles. The first-order valence-corrected chi connectivity index (χ1v) is 11.0. The molecule has 0 aromatic carbocycles. The van der Waals surface area contributed by atoms with E-state index < -0.39 is 0 Å². The molecular formula is C22H33N5O3. The van der Waals surface area contributed by atoms with Gasteiger partial charge in [-0.15, -0.1) is 0 Å². The molecule has 0 N–H and O–H groups in total. The highest BCUT2D eigenvalue weighted by Crippen LogP contribution is 2.28. The van der Waals surface area contributed by atoms with Gasteiger partial charge < -0.3 is 9.09 Å². The summed E-state index contributed by atoms with van der Waals surface area (Å²) in [6, 6.07) is 1.91. The molecule has 0 spiro atoms. The molecule has 8 nitrogen and oxygen atoms in total. The number of fused-ring (bicyclic) bond motifs is 1. The summed E-state index contributed by atoms with van der Waals surface area (Å²) >= 11 is 0. The van der Waals surface area contributed by atoms with Crippen LogP contribution >= 0.6 is 0 Å². The summed E-state index contributed by atoms with van der Waals surface area (Å²) in [5.74, 6) is 1.44. The molecule has 3 aromatic heterocycles. The van der Waals surface area contributed by atoms with Gasteiger partial charge in [-0.25, -0.2) is 9.78 Å². The zero-order valence-electron chi connectivity index (χ0n) is 18.6. The maximum atomic E-state index is 13.0. The summed E-state index contributed by atoms with van der Waals surface area (Å²) in [5.41, 5.74) is 1.32. The highest BCUT2D eigenvalue weighted by atomic mass is 16.5. The minimum absolute atomic E-state index is 0.236. The Morgan fingerprint density at radius 1 is 1.20 bits per heavy atom. The molecule has 1 saturated carbocycles. The number of unbranched alkanes of at least 4 members (excludes halogenated alkanes) is 1. The number of imidazole rings is 1. The number of aromatic nitrogens is 5. The lowest BCUT2D eigenvalue weighted by molar-refractivity contribution is 0.279. The van der Waals surface area contributed by atoms with E-state index in [4.69, 9.17) is 4.52 Å². The Morgan fingerprint density at radius 2 is 1.93 bits per heavy atom. The molecule has 1 aliphatic carbocycles. The predicted molar refractivity (Wildman–Crippen MR) is 117 cm³/mol. The van der Waals surface area contributed by atoms with E-state index in [2.05, 4.69) is 24.0 Å².